The van der Waals surface area contributed by atoms with Gasteiger partial charge in [-0.3, -0.25) is 4.90 Å². The fraction of sp³-hybridized carbons (Fsp3) is 0.333. The highest BCUT2D eigenvalue weighted by atomic mass is 32.1. The van der Waals surface area contributed by atoms with Gasteiger partial charge in [0.05, 0.1) is 39.3 Å². The quantitative estimate of drug-likeness (QED) is 0.561. The average molecular weight is 469 g/mol. The normalized spacial score (nSPS) is 14.1. The van der Waals surface area contributed by atoms with Crippen molar-refractivity contribution >= 4 is 23.1 Å². The van der Waals surface area contributed by atoms with E-state index >= 15 is 0 Å². The summed E-state index contributed by atoms with van der Waals surface area (Å²) in [7, 11) is 4.65. The molecule has 0 saturated carbocycles. The lowest BCUT2D eigenvalue weighted by molar-refractivity contribution is 0.143. The van der Waals surface area contributed by atoms with Crippen LogP contribution in [-0.4, -0.2) is 68.3 Å². The molecule has 1 aromatic heterocycles. The molecule has 0 spiro atoms. The first-order valence-electron chi connectivity index (χ1n) is 10.7. The lowest BCUT2D eigenvalue weighted by Gasteiger charge is -2.34. The molecule has 2 heterocycles. The van der Waals surface area contributed by atoms with Crippen molar-refractivity contribution in [3.63, 3.8) is 0 Å². The second-order valence-electron chi connectivity index (χ2n) is 7.60. The molecule has 0 radical (unpaired) electrons. The van der Waals surface area contributed by atoms with Crippen molar-refractivity contribution < 1.29 is 19.0 Å². The third-order valence-electron chi connectivity index (χ3n) is 5.56. The van der Waals surface area contributed by atoms with Crippen LogP contribution in [0.4, 0.5) is 10.5 Å². The van der Waals surface area contributed by atoms with Crippen LogP contribution in [-0.2, 0) is 6.54 Å². The minimum absolute atomic E-state index is 0.149. The number of hydrogen-bond donors (Lipinski definition) is 1. The summed E-state index contributed by atoms with van der Waals surface area (Å²) in [6.07, 6.45) is 0. The molecule has 2 aromatic carbocycles. The molecule has 1 fully saturated rings. The Labute approximate surface area is 197 Å². The molecule has 1 aliphatic heterocycles. The van der Waals surface area contributed by atoms with Crippen LogP contribution in [0, 0.1) is 0 Å². The molecule has 1 N–H and O–H groups in total. The molecule has 2 amide bonds. The fourth-order valence-corrected chi connectivity index (χ4v) is 4.63. The predicted molar refractivity (Wildman–Crippen MR) is 130 cm³/mol. The zero-order valence-electron chi connectivity index (χ0n) is 19.0. The molecule has 33 heavy (non-hydrogen) atoms. The third kappa shape index (κ3) is 5.37. The smallest absolute Gasteiger partial charge is 0.321 e. The van der Waals surface area contributed by atoms with Crippen LogP contribution >= 0.6 is 11.3 Å². The molecule has 0 atom stereocenters. The van der Waals surface area contributed by atoms with Gasteiger partial charge in [0.25, 0.3) is 0 Å². The maximum Gasteiger partial charge on any atom is 0.321 e. The molecule has 4 rings (SSSR count). The number of rotatable bonds is 7. The third-order valence-corrected chi connectivity index (χ3v) is 6.39. The van der Waals surface area contributed by atoms with Gasteiger partial charge < -0.3 is 24.4 Å². The van der Waals surface area contributed by atoms with Crippen molar-refractivity contribution in [2.75, 3.05) is 52.8 Å². The van der Waals surface area contributed by atoms with Crippen LogP contribution in [0.2, 0.25) is 0 Å². The molecule has 3 aromatic rings. The Kier molecular flexibility index (Phi) is 7.31. The van der Waals surface area contributed by atoms with Crippen molar-refractivity contribution in [3.05, 3.63) is 52.9 Å². The highest BCUT2D eigenvalue weighted by Gasteiger charge is 2.23. The highest BCUT2D eigenvalue weighted by molar-refractivity contribution is 7.09. The van der Waals surface area contributed by atoms with Crippen LogP contribution in [0.15, 0.2) is 47.8 Å². The largest absolute Gasteiger partial charge is 0.493 e. The van der Waals surface area contributed by atoms with E-state index in [2.05, 4.69) is 27.7 Å². The molecule has 0 aliphatic carbocycles. The molecule has 0 unspecified atom stereocenters. The number of ether oxygens (including phenoxy) is 3. The molecule has 0 bridgehead atoms. The Morgan fingerprint density at radius 2 is 1.67 bits per heavy atom. The topological polar surface area (TPSA) is 76.2 Å². The van der Waals surface area contributed by atoms with Crippen LogP contribution in [0.3, 0.4) is 0 Å². The van der Waals surface area contributed by atoms with Gasteiger partial charge in [0, 0.05) is 49.3 Å². The summed E-state index contributed by atoms with van der Waals surface area (Å²) >= 11 is 1.68. The van der Waals surface area contributed by atoms with Gasteiger partial charge in [-0.25, -0.2) is 9.78 Å². The molecule has 174 valence electrons. The van der Waals surface area contributed by atoms with Gasteiger partial charge in [0.15, 0.2) is 11.5 Å². The first-order valence-corrected chi connectivity index (χ1v) is 11.6. The average Bonchev–Trinajstić information content (AvgIpc) is 3.32. The summed E-state index contributed by atoms with van der Waals surface area (Å²) in [5, 5.41) is 6.13. The molecular weight excluding hydrogens is 440 g/mol. The van der Waals surface area contributed by atoms with Crippen molar-refractivity contribution in [1.82, 2.24) is 14.8 Å². The van der Waals surface area contributed by atoms with Gasteiger partial charge in [-0.2, -0.15) is 0 Å². The molecule has 1 saturated heterocycles. The minimum Gasteiger partial charge on any atom is -0.493 e. The second kappa shape index (κ2) is 10.5. The van der Waals surface area contributed by atoms with Crippen LogP contribution in [0.1, 0.15) is 5.01 Å². The van der Waals surface area contributed by atoms with E-state index in [-0.39, 0.29) is 6.03 Å². The van der Waals surface area contributed by atoms with E-state index in [0.29, 0.717) is 36.0 Å². The molecule has 9 heteroatoms. The summed E-state index contributed by atoms with van der Waals surface area (Å²) in [6.45, 7) is 3.67. The van der Waals surface area contributed by atoms with Gasteiger partial charge in [0.2, 0.25) is 5.75 Å². The summed E-state index contributed by atoms with van der Waals surface area (Å²) < 4.78 is 16.1. The number of urea groups is 1. The lowest BCUT2D eigenvalue weighted by Crippen LogP contribution is -2.49. The van der Waals surface area contributed by atoms with E-state index in [1.54, 1.807) is 44.8 Å². The van der Waals surface area contributed by atoms with Crippen molar-refractivity contribution in [3.8, 4) is 28.5 Å². The number of amides is 2. The number of anilines is 1. The first-order chi connectivity index (χ1) is 16.1. The summed E-state index contributed by atoms with van der Waals surface area (Å²) in [5.41, 5.74) is 2.74. The van der Waals surface area contributed by atoms with E-state index in [1.165, 1.54) is 0 Å². The maximum absolute atomic E-state index is 12.8. The number of hydrogen-bond acceptors (Lipinski definition) is 7. The lowest BCUT2D eigenvalue weighted by atomic mass is 10.2. The van der Waals surface area contributed by atoms with Gasteiger partial charge >= 0.3 is 6.03 Å². The number of nitrogens with zero attached hydrogens (tertiary/aromatic N) is 3. The van der Waals surface area contributed by atoms with Crippen LogP contribution in [0.25, 0.3) is 11.3 Å². The monoisotopic (exact) mass is 468 g/mol. The number of carbonyl (C=O) groups excluding carboxylic acids is 1. The van der Waals surface area contributed by atoms with Crippen molar-refractivity contribution in [2.45, 2.75) is 6.54 Å². The van der Waals surface area contributed by atoms with Crippen LogP contribution < -0.4 is 19.5 Å². The van der Waals surface area contributed by atoms with E-state index in [0.717, 1.165) is 35.9 Å². The van der Waals surface area contributed by atoms with Crippen LogP contribution in [0.5, 0.6) is 17.2 Å². The zero-order valence-corrected chi connectivity index (χ0v) is 19.9. The van der Waals surface area contributed by atoms with E-state index in [9.17, 15) is 4.79 Å². The number of carbonyl (C=O) groups is 1. The Balaban J connectivity index is 1.32. The van der Waals surface area contributed by atoms with Gasteiger partial charge in [-0.1, -0.05) is 30.3 Å². The number of aromatic nitrogens is 1. The number of thiazole rings is 1. The molecule has 8 nitrogen and oxygen atoms in total. The van der Waals surface area contributed by atoms with E-state index in [4.69, 9.17) is 19.2 Å². The SMILES string of the molecule is COc1cc(NC(=O)N2CCN(Cc3nc(-c4ccccc4)cs3)CC2)cc(OC)c1OC. The summed E-state index contributed by atoms with van der Waals surface area (Å²) in [6, 6.07) is 13.5. The Bertz CT molecular complexity index is 1060. The molecule has 1 aliphatic rings. The fourth-order valence-electron chi connectivity index (χ4n) is 3.78. The summed E-state index contributed by atoms with van der Waals surface area (Å²) in [5.74, 6) is 1.48. The van der Waals surface area contributed by atoms with E-state index in [1.807, 2.05) is 23.1 Å². The Morgan fingerprint density at radius 1 is 1.00 bits per heavy atom. The maximum atomic E-state index is 12.8. The number of benzene rings is 2. The standard InChI is InChI=1S/C24H28N4O4S/c1-30-20-13-18(14-21(31-2)23(20)32-3)25-24(29)28-11-9-27(10-12-28)15-22-26-19(16-33-22)17-7-5-4-6-8-17/h4-8,13-14,16H,9-12,15H2,1-3H3,(H,25,29). The Morgan fingerprint density at radius 3 is 2.27 bits per heavy atom. The van der Waals surface area contributed by atoms with E-state index < -0.39 is 0 Å². The van der Waals surface area contributed by atoms with Crippen molar-refractivity contribution in [1.29, 1.82) is 0 Å². The first kappa shape index (κ1) is 22.9. The number of nitrogens with one attached hydrogen (secondary N) is 1. The molecular formula is C24H28N4O4S. The minimum atomic E-state index is -0.149. The second-order valence-corrected chi connectivity index (χ2v) is 8.54. The van der Waals surface area contributed by atoms with Crippen molar-refractivity contribution in [2.24, 2.45) is 0 Å². The predicted octanol–water partition coefficient (Wildman–Crippen LogP) is 4.19. The van der Waals surface area contributed by atoms with Gasteiger partial charge in [-0.05, 0) is 0 Å². The van der Waals surface area contributed by atoms with Gasteiger partial charge in [0.1, 0.15) is 5.01 Å². The number of methoxy groups -OCH3 is 3. The highest BCUT2D eigenvalue weighted by Crippen LogP contribution is 2.40. The number of piperazine rings is 1. The zero-order chi connectivity index (χ0) is 23.2. The summed E-state index contributed by atoms with van der Waals surface area (Å²) in [4.78, 5) is 21.7. The Hall–Kier alpha value is -3.30. The van der Waals surface area contributed by atoms with Gasteiger partial charge in [-0.15, -0.1) is 11.3 Å².